The number of hydrogen-bond donors (Lipinski definition) is 2. The third-order valence-electron chi connectivity index (χ3n) is 4.83. The molecule has 7 nitrogen and oxygen atoms in total. The minimum atomic E-state index is -2.28. The van der Waals surface area contributed by atoms with Crippen LogP contribution in [-0.4, -0.2) is 85.7 Å². The molecular formula is C20H39F2N5O2. The van der Waals surface area contributed by atoms with Crippen LogP contribution in [0.15, 0.2) is 4.99 Å². The van der Waals surface area contributed by atoms with E-state index < -0.39 is 12.0 Å². The fourth-order valence-corrected chi connectivity index (χ4v) is 3.04. The maximum absolute atomic E-state index is 12.5. The number of likely N-dealkylation sites (tertiary alicyclic amines) is 1. The number of guanidine groups is 1. The van der Waals surface area contributed by atoms with Gasteiger partial charge < -0.3 is 20.3 Å². The zero-order valence-corrected chi connectivity index (χ0v) is 18.8. The Morgan fingerprint density at radius 2 is 1.93 bits per heavy atom. The number of piperidine rings is 1. The summed E-state index contributed by atoms with van der Waals surface area (Å²) in [5.74, 6) is 0.729. The molecule has 0 bridgehead atoms. The molecular weight excluding hydrogens is 380 g/mol. The quantitative estimate of drug-likeness (QED) is 0.468. The molecule has 170 valence electrons. The predicted molar refractivity (Wildman–Crippen MR) is 113 cm³/mol. The molecule has 1 heterocycles. The van der Waals surface area contributed by atoms with Gasteiger partial charge in [0.25, 0.3) is 6.43 Å². The van der Waals surface area contributed by atoms with E-state index >= 15 is 0 Å². The average Bonchev–Trinajstić information content (AvgIpc) is 2.60. The first kappa shape index (κ1) is 25.4. The second-order valence-electron chi connectivity index (χ2n) is 8.60. The number of carbonyl (C=O) groups excluding carboxylic acids is 1. The van der Waals surface area contributed by atoms with Crippen molar-refractivity contribution in [2.45, 2.75) is 78.0 Å². The van der Waals surface area contributed by atoms with E-state index in [2.05, 4.69) is 15.6 Å². The fraction of sp³-hybridized carbons (Fsp3) is 0.900. The van der Waals surface area contributed by atoms with Crippen LogP contribution in [0.25, 0.3) is 0 Å². The molecule has 1 aliphatic rings. The van der Waals surface area contributed by atoms with E-state index in [1.807, 2.05) is 34.6 Å². The van der Waals surface area contributed by atoms with E-state index in [-0.39, 0.29) is 24.7 Å². The number of halogens is 2. The highest BCUT2D eigenvalue weighted by molar-refractivity contribution is 5.80. The first-order valence-corrected chi connectivity index (χ1v) is 10.5. The molecule has 1 unspecified atom stereocenters. The van der Waals surface area contributed by atoms with E-state index in [1.165, 1.54) is 0 Å². The van der Waals surface area contributed by atoms with Crippen LogP contribution in [0, 0.1) is 0 Å². The Balaban J connectivity index is 2.46. The number of nitrogens with zero attached hydrogens (tertiary/aromatic N) is 3. The Bertz CT molecular complexity index is 517. The Morgan fingerprint density at radius 1 is 1.31 bits per heavy atom. The Hall–Kier alpha value is -1.64. The molecule has 1 fully saturated rings. The highest BCUT2D eigenvalue weighted by Gasteiger charge is 2.23. The van der Waals surface area contributed by atoms with Crippen LogP contribution in [0.3, 0.4) is 0 Å². The smallest absolute Gasteiger partial charge is 0.410 e. The summed E-state index contributed by atoms with van der Waals surface area (Å²) in [6.45, 7) is 12.0. The average molecular weight is 420 g/mol. The van der Waals surface area contributed by atoms with Crippen molar-refractivity contribution in [1.29, 1.82) is 0 Å². The van der Waals surface area contributed by atoms with Gasteiger partial charge in [0.2, 0.25) is 0 Å². The third-order valence-corrected chi connectivity index (χ3v) is 4.83. The topological polar surface area (TPSA) is 69.2 Å². The number of ether oxygens (including phenoxy) is 1. The van der Waals surface area contributed by atoms with Gasteiger partial charge in [0.05, 0.1) is 6.54 Å². The summed E-state index contributed by atoms with van der Waals surface area (Å²) in [7, 11) is 1.74. The van der Waals surface area contributed by atoms with Crippen molar-refractivity contribution in [3.05, 3.63) is 0 Å². The number of alkyl halides is 2. The van der Waals surface area contributed by atoms with Crippen molar-refractivity contribution < 1.29 is 18.3 Å². The Labute approximate surface area is 174 Å². The molecule has 2 N–H and O–H groups in total. The molecule has 0 spiro atoms. The molecule has 1 atom stereocenters. The minimum Gasteiger partial charge on any atom is -0.444 e. The molecule has 1 amide bonds. The van der Waals surface area contributed by atoms with Gasteiger partial charge in [-0.25, -0.2) is 13.6 Å². The SMILES string of the molecule is CCNC(=NCCC(C)N(C)C(=O)OC(C)(C)C)NC1CCN(CC(F)F)CC1. The molecule has 1 aliphatic heterocycles. The first-order valence-electron chi connectivity index (χ1n) is 10.5. The van der Waals surface area contributed by atoms with Gasteiger partial charge in [-0.3, -0.25) is 9.89 Å². The molecule has 9 heteroatoms. The summed E-state index contributed by atoms with van der Waals surface area (Å²) in [4.78, 5) is 20.2. The lowest BCUT2D eigenvalue weighted by atomic mass is 10.1. The minimum absolute atomic E-state index is 0.00550. The van der Waals surface area contributed by atoms with Crippen LogP contribution in [0.4, 0.5) is 13.6 Å². The van der Waals surface area contributed by atoms with E-state index in [0.29, 0.717) is 26.1 Å². The summed E-state index contributed by atoms with van der Waals surface area (Å²) in [5.41, 5.74) is -0.518. The van der Waals surface area contributed by atoms with Crippen LogP contribution in [0.1, 0.15) is 53.9 Å². The first-order chi connectivity index (χ1) is 13.5. The lowest BCUT2D eigenvalue weighted by Gasteiger charge is -2.32. The summed E-state index contributed by atoms with van der Waals surface area (Å²) >= 11 is 0. The van der Waals surface area contributed by atoms with E-state index in [9.17, 15) is 13.6 Å². The van der Waals surface area contributed by atoms with Crippen LogP contribution < -0.4 is 10.6 Å². The number of carbonyl (C=O) groups is 1. The zero-order valence-electron chi connectivity index (χ0n) is 18.8. The lowest BCUT2D eigenvalue weighted by Crippen LogP contribution is -2.49. The normalized spacial score (nSPS) is 17.9. The van der Waals surface area contributed by atoms with Gasteiger partial charge in [-0.2, -0.15) is 0 Å². The second-order valence-corrected chi connectivity index (χ2v) is 8.60. The van der Waals surface area contributed by atoms with Crippen molar-refractivity contribution >= 4 is 12.1 Å². The molecule has 1 rings (SSSR count). The largest absolute Gasteiger partial charge is 0.444 e. The molecule has 1 saturated heterocycles. The lowest BCUT2D eigenvalue weighted by molar-refractivity contribution is 0.0231. The number of rotatable bonds is 8. The zero-order chi connectivity index (χ0) is 22.0. The van der Waals surface area contributed by atoms with Gasteiger partial charge in [-0.1, -0.05) is 0 Å². The summed E-state index contributed by atoms with van der Waals surface area (Å²) in [6, 6.07) is 0.220. The Kier molecular flexibility index (Phi) is 10.6. The van der Waals surface area contributed by atoms with Gasteiger partial charge in [0.1, 0.15) is 5.60 Å². The van der Waals surface area contributed by atoms with Crippen LogP contribution >= 0.6 is 0 Å². The standard InChI is InChI=1S/C20H39F2N5O2/c1-7-23-18(25-16-9-12-27(13-10-16)14-17(21)22)24-11-8-15(2)26(6)19(28)29-20(3,4)5/h15-17H,7-14H2,1-6H3,(H2,23,24,25). The van der Waals surface area contributed by atoms with Crippen molar-refractivity contribution in [3.63, 3.8) is 0 Å². The van der Waals surface area contributed by atoms with Gasteiger partial charge in [0.15, 0.2) is 5.96 Å². The molecule has 0 saturated carbocycles. The van der Waals surface area contributed by atoms with Crippen molar-refractivity contribution in [2.24, 2.45) is 4.99 Å². The van der Waals surface area contributed by atoms with Crippen LogP contribution in [0.5, 0.6) is 0 Å². The van der Waals surface area contributed by atoms with Crippen LogP contribution in [0.2, 0.25) is 0 Å². The number of aliphatic imine (C=N–C) groups is 1. The van der Waals surface area contributed by atoms with E-state index in [4.69, 9.17) is 4.74 Å². The van der Waals surface area contributed by atoms with Crippen molar-refractivity contribution in [2.75, 3.05) is 39.8 Å². The fourth-order valence-electron chi connectivity index (χ4n) is 3.04. The molecule has 0 aromatic rings. The molecule has 0 aromatic heterocycles. The summed E-state index contributed by atoms with van der Waals surface area (Å²) < 4.78 is 30.4. The molecule has 0 aromatic carbocycles. The highest BCUT2D eigenvalue weighted by Crippen LogP contribution is 2.13. The maximum Gasteiger partial charge on any atom is 0.410 e. The predicted octanol–water partition coefficient (Wildman–Crippen LogP) is 2.92. The second kappa shape index (κ2) is 12.1. The number of hydrogen-bond acceptors (Lipinski definition) is 4. The van der Waals surface area contributed by atoms with Gasteiger partial charge in [-0.15, -0.1) is 0 Å². The molecule has 0 aliphatic carbocycles. The monoisotopic (exact) mass is 419 g/mol. The number of amides is 1. The van der Waals surface area contributed by atoms with Gasteiger partial charge in [-0.05, 0) is 53.9 Å². The van der Waals surface area contributed by atoms with Crippen molar-refractivity contribution in [3.8, 4) is 0 Å². The van der Waals surface area contributed by atoms with Gasteiger partial charge in [0, 0.05) is 45.3 Å². The summed E-state index contributed by atoms with van der Waals surface area (Å²) in [5, 5.41) is 6.64. The molecule has 29 heavy (non-hydrogen) atoms. The molecule has 0 radical (unpaired) electrons. The third kappa shape index (κ3) is 10.6. The van der Waals surface area contributed by atoms with Crippen molar-refractivity contribution in [1.82, 2.24) is 20.4 Å². The van der Waals surface area contributed by atoms with E-state index in [1.54, 1.807) is 16.8 Å². The number of nitrogens with one attached hydrogen (secondary N) is 2. The maximum atomic E-state index is 12.5. The Morgan fingerprint density at radius 3 is 2.45 bits per heavy atom. The highest BCUT2D eigenvalue weighted by atomic mass is 19.3. The van der Waals surface area contributed by atoms with E-state index in [0.717, 1.165) is 25.3 Å². The van der Waals surface area contributed by atoms with Gasteiger partial charge >= 0.3 is 6.09 Å². The van der Waals surface area contributed by atoms with Crippen LogP contribution in [-0.2, 0) is 4.74 Å². The summed E-state index contributed by atoms with van der Waals surface area (Å²) in [6.07, 6.45) is -0.281.